The number of hydrogen-bond acceptors (Lipinski definition) is 2. The van der Waals surface area contributed by atoms with Crippen LogP contribution in [0.1, 0.15) is 13.3 Å². The topological polar surface area (TPSA) is 55.1 Å². The molecule has 1 aliphatic heterocycles. The van der Waals surface area contributed by atoms with Crippen molar-refractivity contribution >= 4 is 5.91 Å². The molecule has 0 aromatic carbocycles. The van der Waals surface area contributed by atoms with Crippen molar-refractivity contribution in [2.45, 2.75) is 25.4 Å². The summed E-state index contributed by atoms with van der Waals surface area (Å²) in [4.78, 5) is 10.4. The van der Waals surface area contributed by atoms with E-state index in [-0.39, 0.29) is 18.0 Å². The van der Waals surface area contributed by atoms with Crippen LogP contribution < -0.4 is 11.1 Å². The van der Waals surface area contributed by atoms with Crippen molar-refractivity contribution in [2.24, 2.45) is 5.73 Å². The smallest absolute Gasteiger partial charge is 0.239 e. The largest absolute Gasteiger partial charge is 0.350 e. The maximum atomic E-state index is 10.4. The summed E-state index contributed by atoms with van der Waals surface area (Å²) in [6, 6.07) is 0.00231. The second-order valence-corrected chi connectivity index (χ2v) is 2.05. The lowest BCUT2D eigenvalue weighted by Crippen LogP contribution is -2.66. The van der Waals surface area contributed by atoms with E-state index in [1.54, 1.807) is 0 Å². The Morgan fingerprint density at radius 1 is 1.88 bits per heavy atom. The SMILES string of the molecule is CC[C@H]1NC(=O)[C@H]1N. The van der Waals surface area contributed by atoms with Crippen molar-refractivity contribution in [3.63, 3.8) is 0 Å². The third-order valence-corrected chi connectivity index (χ3v) is 1.50. The van der Waals surface area contributed by atoms with Gasteiger partial charge >= 0.3 is 0 Å². The monoisotopic (exact) mass is 114 g/mol. The lowest BCUT2D eigenvalue weighted by atomic mass is 9.98. The van der Waals surface area contributed by atoms with E-state index in [4.69, 9.17) is 5.73 Å². The molecular formula is C5H10N2O. The molecule has 0 saturated carbocycles. The Labute approximate surface area is 48.2 Å². The molecule has 3 nitrogen and oxygen atoms in total. The molecular weight excluding hydrogens is 104 g/mol. The summed E-state index contributed by atoms with van der Waals surface area (Å²) in [5.41, 5.74) is 5.36. The van der Waals surface area contributed by atoms with Crippen LogP contribution in [-0.2, 0) is 4.79 Å². The van der Waals surface area contributed by atoms with Gasteiger partial charge in [-0.2, -0.15) is 0 Å². The quantitative estimate of drug-likeness (QED) is 0.439. The average Bonchev–Trinajstić information content (AvgIpc) is 1.81. The van der Waals surface area contributed by atoms with Crippen LogP contribution >= 0.6 is 0 Å². The zero-order valence-electron chi connectivity index (χ0n) is 4.85. The van der Waals surface area contributed by atoms with Crippen LogP contribution in [0.25, 0.3) is 0 Å². The van der Waals surface area contributed by atoms with Gasteiger partial charge in [0.05, 0.1) is 6.04 Å². The van der Waals surface area contributed by atoms with Crippen LogP contribution in [0.5, 0.6) is 0 Å². The maximum absolute atomic E-state index is 10.4. The zero-order valence-corrected chi connectivity index (χ0v) is 4.85. The second-order valence-electron chi connectivity index (χ2n) is 2.05. The fourth-order valence-electron chi connectivity index (χ4n) is 0.811. The molecule has 0 aliphatic carbocycles. The number of nitrogens with one attached hydrogen (secondary N) is 1. The second kappa shape index (κ2) is 1.74. The minimum atomic E-state index is -0.236. The van der Waals surface area contributed by atoms with Gasteiger partial charge in [0.15, 0.2) is 0 Å². The first-order valence-corrected chi connectivity index (χ1v) is 2.81. The molecule has 3 heteroatoms. The van der Waals surface area contributed by atoms with Gasteiger partial charge in [-0.25, -0.2) is 0 Å². The standard InChI is InChI=1S/C5H10N2O/c1-2-3-4(6)5(8)7-3/h3-4H,2,6H2,1H3,(H,7,8)/t3-,4+/m1/s1. The summed E-state index contributed by atoms with van der Waals surface area (Å²) in [6.07, 6.45) is 0.937. The summed E-state index contributed by atoms with van der Waals surface area (Å²) >= 11 is 0. The average molecular weight is 114 g/mol. The molecule has 0 unspecified atom stereocenters. The molecule has 2 atom stereocenters. The fourth-order valence-corrected chi connectivity index (χ4v) is 0.811. The molecule has 46 valence electrons. The summed E-state index contributed by atoms with van der Waals surface area (Å²) in [7, 11) is 0. The molecule has 1 rings (SSSR count). The summed E-state index contributed by atoms with van der Waals surface area (Å²) in [5.74, 6) is -0.0168. The highest BCUT2D eigenvalue weighted by Gasteiger charge is 2.33. The Hall–Kier alpha value is -0.570. The first kappa shape index (κ1) is 5.56. The minimum Gasteiger partial charge on any atom is -0.350 e. The predicted molar refractivity (Wildman–Crippen MR) is 30.2 cm³/mol. The Bertz CT molecular complexity index is 113. The molecule has 1 amide bonds. The van der Waals surface area contributed by atoms with Crippen molar-refractivity contribution in [3.8, 4) is 0 Å². The molecule has 1 fully saturated rings. The Morgan fingerprint density at radius 2 is 2.50 bits per heavy atom. The number of hydrogen-bond donors (Lipinski definition) is 2. The first-order chi connectivity index (χ1) is 3.75. The van der Waals surface area contributed by atoms with E-state index in [1.807, 2.05) is 6.92 Å². The van der Waals surface area contributed by atoms with Crippen molar-refractivity contribution in [3.05, 3.63) is 0 Å². The normalized spacial score (nSPS) is 36.0. The molecule has 0 bridgehead atoms. The van der Waals surface area contributed by atoms with Crippen LogP contribution in [0.15, 0.2) is 0 Å². The summed E-state index contributed by atoms with van der Waals surface area (Å²) in [6.45, 7) is 2.00. The van der Waals surface area contributed by atoms with Crippen molar-refractivity contribution < 1.29 is 4.79 Å². The number of nitrogens with two attached hydrogens (primary N) is 1. The highest BCUT2D eigenvalue weighted by Crippen LogP contribution is 2.05. The Balaban J connectivity index is 2.35. The van der Waals surface area contributed by atoms with Gasteiger partial charge in [0.25, 0.3) is 0 Å². The van der Waals surface area contributed by atoms with Gasteiger partial charge in [-0.05, 0) is 6.42 Å². The Morgan fingerprint density at radius 3 is 2.62 bits per heavy atom. The number of amides is 1. The van der Waals surface area contributed by atoms with Gasteiger partial charge in [-0.1, -0.05) is 6.92 Å². The van der Waals surface area contributed by atoms with E-state index < -0.39 is 0 Å². The molecule has 0 aromatic heterocycles. The molecule has 3 N–H and O–H groups in total. The lowest BCUT2D eigenvalue weighted by Gasteiger charge is -2.32. The van der Waals surface area contributed by atoms with E-state index in [0.717, 1.165) is 6.42 Å². The molecule has 0 spiro atoms. The molecule has 1 heterocycles. The van der Waals surface area contributed by atoms with Crippen LogP contribution in [0.2, 0.25) is 0 Å². The van der Waals surface area contributed by atoms with Crippen molar-refractivity contribution in [2.75, 3.05) is 0 Å². The highest BCUT2D eigenvalue weighted by molar-refractivity contribution is 5.88. The third-order valence-electron chi connectivity index (χ3n) is 1.50. The van der Waals surface area contributed by atoms with E-state index in [2.05, 4.69) is 5.32 Å². The Kier molecular flexibility index (Phi) is 1.21. The van der Waals surface area contributed by atoms with E-state index >= 15 is 0 Å². The van der Waals surface area contributed by atoms with Crippen LogP contribution in [0.4, 0.5) is 0 Å². The zero-order chi connectivity index (χ0) is 6.15. The molecule has 1 saturated heterocycles. The predicted octanol–water partition coefficient (Wildman–Crippen LogP) is -0.778. The van der Waals surface area contributed by atoms with Gasteiger partial charge in [-0.3, -0.25) is 4.79 Å². The van der Waals surface area contributed by atoms with E-state index in [9.17, 15) is 4.79 Å². The van der Waals surface area contributed by atoms with Gasteiger partial charge in [-0.15, -0.1) is 0 Å². The fraction of sp³-hybridized carbons (Fsp3) is 0.800. The maximum Gasteiger partial charge on any atom is 0.239 e. The van der Waals surface area contributed by atoms with Crippen LogP contribution in [0.3, 0.4) is 0 Å². The van der Waals surface area contributed by atoms with Gasteiger partial charge < -0.3 is 11.1 Å². The number of carbonyl (C=O) groups excluding carboxylic acids is 1. The number of rotatable bonds is 1. The molecule has 0 radical (unpaired) electrons. The lowest BCUT2D eigenvalue weighted by molar-refractivity contribution is -0.130. The van der Waals surface area contributed by atoms with Gasteiger partial charge in [0.1, 0.15) is 6.04 Å². The molecule has 0 aromatic rings. The van der Waals surface area contributed by atoms with Gasteiger partial charge in [0.2, 0.25) is 5.91 Å². The highest BCUT2D eigenvalue weighted by atomic mass is 16.2. The summed E-state index contributed by atoms with van der Waals surface area (Å²) < 4.78 is 0. The van der Waals surface area contributed by atoms with E-state index in [0.29, 0.717) is 0 Å². The van der Waals surface area contributed by atoms with Crippen molar-refractivity contribution in [1.29, 1.82) is 0 Å². The molecule has 8 heavy (non-hydrogen) atoms. The number of carbonyl (C=O) groups is 1. The van der Waals surface area contributed by atoms with Crippen LogP contribution in [0, 0.1) is 0 Å². The van der Waals surface area contributed by atoms with Crippen LogP contribution in [-0.4, -0.2) is 18.0 Å². The summed E-state index contributed by atoms with van der Waals surface area (Å²) in [5, 5.41) is 2.68. The molecule has 1 aliphatic rings. The first-order valence-electron chi connectivity index (χ1n) is 2.81. The number of β-lactam (4-membered cyclic amide) rings is 1. The van der Waals surface area contributed by atoms with Crippen molar-refractivity contribution in [1.82, 2.24) is 5.32 Å². The van der Waals surface area contributed by atoms with Gasteiger partial charge in [0, 0.05) is 0 Å². The third kappa shape index (κ3) is 0.591. The van der Waals surface area contributed by atoms with E-state index in [1.165, 1.54) is 0 Å². The minimum absolute atomic E-state index is 0.0168.